The molecule has 0 saturated carbocycles. The molecule has 2 aromatic rings. The molecule has 1 fully saturated rings. The van der Waals surface area contributed by atoms with Crippen molar-refractivity contribution in [1.82, 2.24) is 4.90 Å². The standard InChI is InChI=1S/C19H20FN3O2/c1-13(24)15-4-7-18(17(20)12-15)22-8-10-23(11-9-22)19(25)14-2-5-16(21)6-3-14/h2-7,12H,8-11,21H2,1H3. The molecule has 0 unspecified atom stereocenters. The second-order valence-electron chi connectivity index (χ2n) is 6.12. The molecule has 0 aliphatic carbocycles. The number of nitrogens with two attached hydrogens (primary N) is 1. The Balaban J connectivity index is 1.66. The van der Waals surface area contributed by atoms with Crippen LogP contribution in [0.1, 0.15) is 27.6 Å². The van der Waals surface area contributed by atoms with Gasteiger partial charge in [0.05, 0.1) is 5.69 Å². The zero-order valence-corrected chi connectivity index (χ0v) is 14.0. The smallest absolute Gasteiger partial charge is 0.253 e. The molecule has 1 heterocycles. The first-order chi connectivity index (χ1) is 12.0. The van der Waals surface area contributed by atoms with E-state index in [9.17, 15) is 14.0 Å². The van der Waals surface area contributed by atoms with E-state index < -0.39 is 5.82 Å². The number of Topliss-reactive ketones (excluding diaryl/α,β-unsaturated/α-hetero) is 1. The fourth-order valence-corrected chi connectivity index (χ4v) is 2.94. The fourth-order valence-electron chi connectivity index (χ4n) is 2.94. The third-order valence-corrected chi connectivity index (χ3v) is 4.42. The number of hydrogen-bond donors (Lipinski definition) is 1. The van der Waals surface area contributed by atoms with Gasteiger partial charge in [0.1, 0.15) is 5.82 Å². The van der Waals surface area contributed by atoms with Crippen molar-refractivity contribution in [1.29, 1.82) is 0 Å². The van der Waals surface area contributed by atoms with Gasteiger partial charge < -0.3 is 15.5 Å². The van der Waals surface area contributed by atoms with Gasteiger partial charge in [-0.3, -0.25) is 9.59 Å². The van der Waals surface area contributed by atoms with Gasteiger partial charge in [-0.2, -0.15) is 0 Å². The van der Waals surface area contributed by atoms with Gasteiger partial charge in [0, 0.05) is 43.0 Å². The minimum Gasteiger partial charge on any atom is -0.399 e. The Morgan fingerprint density at radius 2 is 1.56 bits per heavy atom. The Kier molecular flexibility index (Phi) is 4.70. The van der Waals surface area contributed by atoms with Crippen molar-refractivity contribution in [2.75, 3.05) is 36.8 Å². The lowest BCUT2D eigenvalue weighted by molar-refractivity contribution is 0.0746. The molecule has 1 aliphatic heterocycles. The lowest BCUT2D eigenvalue weighted by atomic mass is 10.1. The second kappa shape index (κ2) is 6.93. The molecule has 130 valence electrons. The van der Waals surface area contributed by atoms with Gasteiger partial charge in [-0.1, -0.05) is 0 Å². The average molecular weight is 341 g/mol. The van der Waals surface area contributed by atoms with Crippen LogP contribution in [0.4, 0.5) is 15.8 Å². The molecule has 6 heteroatoms. The first-order valence-electron chi connectivity index (χ1n) is 8.16. The van der Waals surface area contributed by atoms with Gasteiger partial charge in [-0.05, 0) is 49.4 Å². The Morgan fingerprint density at radius 3 is 2.12 bits per heavy atom. The summed E-state index contributed by atoms with van der Waals surface area (Å²) < 4.78 is 14.3. The largest absolute Gasteiger partial charge is 0.399 e. The average Bonchev–Trinajstić information content (AvgIpc) is 2.62. The van der Waals surface area contributed by atoms with Crippen molar-refractivity contribution >= 4 is 23.1 Å². The first kappa shape index (κ1) is 17.0. The van der Waals surface area contributed by atoms with Crippen LogP contribution in [0.3, 0.4) is 0 Å². The van der Waals surface area contributed by atoms with Crippen LogP contribution in [0.25, 0.3) is 0 Å². The van der Waals surface area contributed by atoms with E-state index in [0.717, 1.165) is 0 Å². The van der Waals surface area contributed by atoms with Crippen LogP contribution < -0.4 is 10.6 Å². The van der Waals surface area contributed by atoms with Gasteiger partial charge in [-0.25, -0.2) is 4.39 Å². The molecule has 1 aliphatic rings. The first-order valence-corrected chi connectivity index (χ1v) is 8.16. The summed E-state index contributed by atoms with van der Waals surface area (Å²) in [4.78, 5) is 27.5. The van der Waals surface area contributed by atoms with Crippen LogP contribution >= 0.6 is 0 Å². The number of amides is 1. The van der Waals surface area contributed by atoms with Crippen LogP contribution in [-0.2, 0) is 0 Å². The Bertz CT molecular complexity index is 797. The Labute approximate surface area is 145 Å². The number of nitrogens with zero attached hydrogens (tertiary/aromatic N) is 2. The predicted octanol–water partition coefficient (Wildman–Crippen LogP) is 2.57. The zero-order valence-electron chi connectivity index (χ0n) is 14.0. The molecular weight excluding hydrogens is 321 g/mol. The van der Waals surface area contributed by atoms with E-state index in [4.69, 9.17) is 5.73 Å². The zero-order chi connectivity index (χ0) is 18.0. The quantitative estimate of drug-likeness (QED) is 0.688. The predicted molar refractivity (Wildman–Crippen MR) is 95.4 cm³/mol. The molecule has 0 bridgehead atoms. The van der Waals surface area contributed by atoms with E-state index in [-0.39, 0.29) is 11.7 Å². The summed E-state index contributed by atoms with van der Waals surface area (Å²) in [6.07, 6.45) is 0. The molecular formula is C19H20FN3O2. The van der Waals surface area contributed by atoms with E-state index in [0.29, 0.717) is 48.7 Å². The van der Waals surface area contributed by atoms with Gasteiger partial charge in [0.25, 0.3) is 5.91 Å². The number of halogens is 1. The highest BCUT2D eigenvalue weighted by Gasteiger charge is 2.23. The molecule has 1 saturated heterocycles. The highest BCUT2D eigenvalue weighted by atomic mass is 19.1. The molecule has 5 nitrogen and oxygen atoms in total. The molecule has 0 radical (unpaired) electrons. The Hall–Kier alpha value is -2.89. The number of benzene rings is 2. The molecule has 3 rings (SSSR count). The summed E-state index contributed by atoms with van der Waals surface area (Å²) >= 11 is 0. The Morgan fingerprint density at radius 1 is 0.960 bits per heavy atom. The maximum absolute atomic E-state index is 14.3. The number of nitrogen functional groups attached to an aromatic ring is 1. The number of anilines is 2. The van der Waals surface area contributed by atoms with Gasteiger partial charge >= 0.3 is 0 Å². The molecule has 0 spiro atoms. The molecule has 2 N–H and O–H groups in total. The molecule has 0 atom stereocenters. The highest BCUT2D eigenvalue weighted by molar-refractivity contribution is 5.95. The summed E-state index contributed by atoms with van der Waals surface area (Å²) in [6.45, 7) is 3.51. The van der Waals surface area contributed by atoms with Crippen LogP contribution in [0.5, 0.6) is 0 Å². The number of ketones is 1. The lowest BCUT2D eigenvalue weighted by Gasteiger charge is -2.36. The lowest BCUT2D eigenvalue weighted by Crippen LogP contribution is -2.49. The normalized spacial score (nSPS) is 14.5. The number of hydrogen-bond acceptors (Lipinski definition) is 4. The third kappa shape index (κ3) is 3.63. The van der Waals surface area contributed by atoms with E-state index in [1.165, 1.54) is 13.0 Å². The van der Waals surface area contributed by atoms with Gasteiger partial charge in [0.15, 0.2) is 5.78 Å². The monoisotopic (exact) mass is 341 g/mol. The van der Waals surface area contributed by atoms with Crippen molar-refractivity contribution in [2.24, 2.45) is 0 Å². The van der Waals surface area contributed by atoms with Crippen LogP contribution in [0, 0.1) is 5.82 Å². The SMILES string of the molecule is CC(=O)c1ccc(N2CCN(C(=O)c3ccc(N)cc3)CC2)c(F)c1. The summed E-state index contributed by atoms with van der Waals surface area (Å²) in [5.74, 6) is -0.623. The number of piperazine rings is 1. The fraction of sp³-hybridized carbons (Fsp3) is 0.263. The van der Waals surface area contributed by atoms with Crippen molar-refractivity contribution in [3.05, 3.63) is 59.4 Å². The third-order valence-electron chi connectivity index (χ3n) is 4.42. The van der Waals surface area contributed by atoms with Crippen molar-refractivity contribution < 1.29 is 14.0 Å². The molecule has 2 aromatic carbocycles. The van der Waals surface area contributed by atoms with Gasteiger partial charge in [-0.15, -0.1) is 0 Å². The summed E-state index contributed by atoms with van der Waals surface area (Å²) in [5.41, 5.74) is 7.68. The second-order valence-corrected chi connectivity index (χ2v) is 6.12. The maximum Gasteiger partial charge on any atom is 0.253 e. The topological polar surface area (TPSA) is 66.6 Å². The maximum atomic E-state index is 14.3. The highest BCUT2D eigenvalue weighted by Crippen LogP contribution is 2.23. The molecule has 1 amide bonds. The summed E-state index contributed by atoms with van der Waals surface area (Å²) in [6, 6.07) is 11.4. The minimum absolute atomic E-state index is 0.0490. The van der Waals surface area contributed by atoms with Crippen molar-refractivity contribution in [2.45, 2.75) is 6.92 Å². The minimum atomic E-state index is -0.411. The number of carbonyl (C=O) groups is 2. The van der Waals surface area contributed by atoms with Gasteiger partial charge in [0.2, 0.25) is 0 Å². The summed E-state index contributed by atoms with van der Waals surface area (Å²) in [5, 5.41) is 0. The van der Waals surface area contributed by atoms with E-state index >= 15 is 0 Å². The molecule has 25 heavy (non-hydrogen) atoms. The van der Waals surface area contributed by atoms with E-state index in [2.05, 4.69) is 0 Å². The molecule has 0 aromatic heterocycles. The number of rotatable bonds is 3. The van der Waals surface area contributed by atoms with E-state index in [1.54, 1.807) is 41.3 Å². The van der Waals surface area contributed by atoms with Crippen molar-refractivity contribution in [3.63, 3.8) is 0 Å². The summed E-state index contributed by atoms with van der Waals surface area (Å²) in [7, 11) is 0. The van der Waals surface area contributed by atoms with Crippen molar-refractivity contribution in [3.8, 4) is 0 Å². The van der Waals surface area contributed by atoms with Crippen LogP contribution in [-0.4, -0.2) is 42.8 Å². The van der Waals surface area contributed by atoms with E-state index in [1.807, 2.05) is 4.90 Å². The van der Waals surface area contributed by atoms with Crippen LogP contribution in [0.2, 0.25) is 0 Å². The van der Waals surface area contributed by atoms with Crippen LogP contribution in [0.15, 0.2) is 42.5 Å². The number of carbonyl (C=O) groups excluding carboxylic acids is 2.